The van der Waals surface area contributed by atoms with Crippen LogP contribution >= 0.6 is 27.7 Å². The van der Waals surface area contributed by atoms with Gasteiger partial charge in [-0.25, -0.2) is 0 Å². The molecule has 0 aliphatic carbocycles. The highest BCUT2D eigenvalue weighted by molar-refractivity contribution is 9.10. The van der Waals surface area contributed by atoms with Crippen molar-refractivity contribution in [3.05, 3.63) is 64.6 Å². The number of halogens is 1. The van der Waals surface area contributed by atoms with Gasteiger partial charge in [0.15, 0.2) is 5.17 Å². The summed E-state index contributed by atoms with van der Waals surface area (Å²) in [7, 11) is -3.87. The molecule has 24 heavy (non-hydrogen) atoms. The first-order chi connectivity index (χ1) is 11.4. The number of nitrogens with zero attached hydrogens (tertiary/aromatic N) is 1. The van der Waals surface area contributed by atoms with E-state index < -0.39 is 15.9 Å². The Bertz CT molecular complexity index is 838. The molecule has 0 radical (unpaired) electrons. The molecule has 0 unspecified atom stereocenters. The first-order valence-corrected chi connectivity index (χ1v) is 10.1. The molecule has 0 aliphatic rings. The number of benzene rings is 2. The number of rotatable bonds is 3. The molecule has 6 nitrogen and oxygen atoms in total. The first kappa shape index (κ1) is 18.5. The van der Waals surface area contributed by atoms with Gasteiger partial charge in [0.25, 0.3) is 15.9 Å². The van der Waals surface area contributed by atoms with Gasteiger partial charge in [-0.2, -0.15) is 8.42 Å². The molecule has 0 heterocycles. The van der Waals surface area contributed by atoms with Gasteiger partial charge in [-0.05, 0) is 42.7 Å². The lowest BCUT2D eigenvalue weighted by Gasteiger charge is -2.09. The maximum absolute atomic E-state index is 12.3. The number of sulfonamides is 1. The van der Waals surface area contributed by atoms with Crippen LogP contribution in [0.4, 0.5) is 0 Å². The smallest absolute Gasteiger partial charge is 0.275 e. The lowest BCUT2D eigenvalue weighted by Crippen LogP contribution is -2.40. The standard InChI is InChI=1S/C15H14BrN3O3S2/c1-23-15(18-17-14(20)11-5-3-2-4-6-11)19-24(21,22)13-9-7-12(16)8-10-13/h2-10H,1H3,(H,17,20)(H,18,19). The summed E-state index contributed by atoms with van der Waals surface area (Å²) < 4.78 is 29.0. The fourth-order valence-corrected chi connectivity index (χ4v) is 3.51. The molecule has 0 aromatic heterocycles. The maximum atomic E-state index is 12.3. The molecule has 126 valence electrons. The van der Waals surface area contributed by atoms with Crippen LogP contribution in [0, 0.1) is 0 Å². The Hall–Kier alpha value is -1.84. The van der Waals surface area contributed by atoms with Gasteiger partial charge < -0.3 is 0 Å². The molecule has 0 bridgehead atoms. The Labute approximate surface area is 152 Å². The Kier molecular flexibility index (Phi) is 6.41. The van der Waals surface area contributed by atoms with Crippen molar-refractivity contribution in [2.24, 2.45) is 4.40 Å². The van der Waals surface area contributed by atoms with Gasteiger partial charge in [-0.3, -0.25) is 15.6 Å². The number of nitrogens with one attached hydrogen (secondary N) is 2. The van der Waals surface area contributed by atoms with Crippen molar-refractivity contribution >= 4 is 48.8 Å². The van der Waals surface area contributed by atoms with E-state index in [9.17, 15) is 13.2 Å². The summed E-state index contributed by atoms with van der Waals surface area (Å²) in [5, 5.41) is 0.0576. The maximum Gasteiger partial charge on any atom is 0.284 e. The van der Waals surface area contributed by atoms with E-state index in [1.54, 1.807) is 48.7 Å². The summed E-state index contributed by atoms with van der Waals surface area (Å²) in [6.45, 7) is 0. The number of thioether (sulfide) groups is 1. The van der Waals surface area contributed by atoms with E-state index in [2.05, 4.69) is 31.2 Å². The zero-order valence-corrected chi connectivity index (χ0v) is 15.8. The molecular weight excluding hydrogens is 414 g/mol. The molecule has 2 rings (SSSR count). The largest absolute Gasteiger partial charge is 0.284 e. The van der Waals surface area contributed by atoms with Crippen molar-refractivity contribution in [1.82, 2.24) is 10.9 Å². The van der Waals surface area contributed by atoms with Gasteiger partial charge in [0.2, 0.25) is 0 Å². The number of hydrogen-bond acceptors (Lipinski definition) is 4. The van der Waals surface area contributed by atoms with Crippen molar-refractivity contribution in [2.75, 3.05) is 6.26 Å². The lowest BCUT2D eigenvalue weighted by molar-refractivity contribution is 0.0944. The van der Waals surface area contributed by atoms with Crippen LogP contribution in [0.2, 0.25) is 0 Å². The fourth-order valence-electron chi connectivity index (χ4n) is 1.65. The normalized spacial score (nSPS) is 11.8. The van der Waals surface area contributed by atoms with Crippen molar-refractivity contribution in [3.8, 4) is 0 Å². The molecule has 9 heteroatoms. The molecule has 0 atom stereocenters. The third-order valence-electron chi connectivity index (χ3n) is 2.83. The predicted molar refractivity (Wildman–Crippen MR) is 99.3 cm³/mol. The molecule has 1 amide bonds. The highest BCUT2D eigenvalue weighted by Crippen LogP contribution is 2.17. The van der Waals surface area contributed by atoms with E-state index in [4.69, 9.17) is 0 Å². The molecule has 2 aromatic carbocycles. The predicted octanol–water partition coefficient (Wildman–Crippen LogP) is 2.79. The second kappa shape index (κ2) is 8.32. The highest BCUT2D eigenvalue weighted by atomic mass is 79.9. The number of amidine groups is 1. The Morgan fingerprint density at radius 1 is 1.04 bits per heavy atom. The van der Waals surface area contributed by atoms with Crippen LogP contribution in [0.5, 0.6) is 0 Å². The lowest BCUT2D eigenvalue weighted by atomic mass is 10.2. The summed E-state index contributed by atoms with van der Waals surface area (Å²) in [5.74, 6) is -0.390. The van der Waals surface area contributed by atoms with Crippen LogP contribution in [0.3, 0.4) is 0 Å². The second-order valence-corrected chi connectivity index (χ2v) is 7.79. The molecule has 0 saturated carbocycles. The molecular formula is C15H14BrN3O3S2. The van der Waals surface area contributed by atoms with Gasteiger partial charge in [0.1, 0.15) is 0 Å². The Morgan fingerprint density at radius 3 is 2.25 bits per heavy atom. The number of carbonyl (C=O) groups excluding carboxylic acids is 1. The molecule has 2 N–H and O–H groups in total. The van der Waals surface area contributed by atoms with E-state index >= 15 is 0 Å². The van der Waals surface area contributed by atoms with Crippen LogP contribution in [-0.2, 0) is 10.0 Å². The van der Waals surface area contributed by atoms with Crippen molar-refractivity contribution in [2.45, 2.75) is 4.90 Å². The average Bonchev–Trinajstić information content (AvgIpc) is 2.59. The van der Waals surface area contributed by atoms with Crippen molar-refractivity contribution in [3.63, 3.8) is 0 Å². The van der Waals surface area contributed by atoms with E-state index in [0.29, 0.717) is 5.56 Å². The minimum absolute atomic E-state index is 0.0576. The van der Waals surface area contributed by atoms with E-state index in [0.717, 1.165) is 16.2 Å². The zero-order valence-electron chi connectivity index (χ0n) is 12.6. The molecule has 0 saturated heterocycles. The third-order valence-corrected chi connectivity index (χ3v) is 5.34. The molecule has 2 aromatic rings. The minimum atomic E-state index is -3.87. The summed E-state index contributed by atoms with van der Waals surface area (Å²) in [6, 6.07) is 14.7. The second-order valence-electron chi connectivity index (χ2n) is 4.47. The summed E-state index contributed by atoms with van der Waals surface area (Å²) in [5.41, 5.74) is 5.40. The Balaban J connectivity index is 2.11. The van der Waals surface area contributed by atoms with Crippen molar-refractivity contribution in [1.29, 1.82) is 0 Å². The number of hydrazine groups is 1. The SMILES string of the molecule is CSC(=NS(=O)(=O)c1ccc(Br)cc1)NNC(=O)c1ccccc1. The Morgan fingerprint density at radius 2 is 1.67 bits per heavy atom. The van der Waals surface area contributed by atoms with Gasteiger partial charge >= 0.3 is 0 Å². The summed E-state index contributed by atoms with van der Waals surface area (Å²) in [4.78, 5) is 12.0. The first-order valence-electron chi connectivity index (χ1n) is 6.68. The van der Waals surface area contributed by atoms with Crippen LogP contribution in [0.1, 0.15) is 10.4 Å². The number of amides is 1. The highest BCUT2D eigenvalue weighted by Gasteiger charge is 2.14. The minimum Gasteiger partial charge on any atom is -0.275 e. The topological polar surface area (TPSA) is 87.6 Å². The summed E-state index contributed by atoms with van der Waals surface area (Å²) in [6.07, 6.45) is 1.65. The van der Waals surface area contributed by atoms with E-state index in [-0.39, 0.29) is 10.1 Å². The number of carbonyl (C=O) groups is 1. The fraction of sp³-hybridized carbons (Fsp3) is 0.0667. The van der Waals surface area contributed by atoms with Gasteiger partial charge in [-0.15, -0.1) is 4.40 Å². The van der Waals surface area contributed by atoms with Crippen LogP contribution in [-0.4, -0.2) is 25.7 Å². The summed E-state index contributed by atoms with van der Waals surface area (Å²) >= 11 is 4.31. The van der Waals surface area contributed by atoms with Gasteiger partial charge in [0, 0.05) is 10.0 Å². The zero-order chi connectivity index (χ0) is 17.6. The van der Waals surface area contributed by atoms with Crippen molar-refractivity contribution < 1.29 is 13.2 Å². The van der Waals surface area contributed by atoms with E-state index in [1.165, 1.54) is 12.1 Å². The van der Waals surface area contributed by atoms with Crippen LogP contribution < -0.4 is 10.9 Å². The molecule has 0 aliphatic heterocycles. The monoisotopic (exact) mass is 427 g/mol. The molecule has 0 fully saturated rings. The van der Waals surface area contributed by atoms with Crippen LogP contribution in [0.25, 0.3) is 0 Å². The quantitative estimate of drug-likeness (QED) is 0.446. The van der Waals surface area contributed by atoms with Gasteiger partial charge in [0.05, 0.1) is 4.90 Å². The average molecular weight is 428 g/mol. The molecule has 0 spiro atoms. The van der Waals surface area contributed by atoms with Crippen LogP contribution in [0.15, 0.2) is 68.4 Å². The van der Waals surface area contributed by atoms with E-state index in [1.807, 2.05) is 0 Å². The third kappa shape index (κ3) is 5.08. The van der Waals surface area contributed by atoms with Gasteiger partial charge in [-0.1, -0.05) is 45.9 Å². The number of hydrogen-bond donors (Lipinski definition) is 2.